The molecule has 2 aliphatic heterocycles. The van der Waals surface area contributed by atoms with E-state index in [1.807, 2.05) is 0 Å². The lowest BCUT2D eigenvalue weighted by molar-refractivity contribution is -0.151. The normalized spacial score (nSPS) is 24.2. The van der Waals surface area contributed by atoms with Crippen LogP contribution in [0.15, 0.2) is 35.5 Å². The second-order valence-electron chi connectivity index (χ2n) is 6.21. The molecule has 2 aliphatic rings. The van der Waals surface area contributed by atoms with Crippen molar-refractivity contribution in [3.05, 3.63) is 41.1 Å². The molecule has 1 fully saturated rings. The van der Waals surface area contributed by atoms with Crippen LogP contribution in [0.5, 0.6) is 5.75 Å². The molecule has 27 heavy (non-hydrogen) atoms. The van der Waals surface area contributed by atoms with E-state index < -0.39 is 28.7 Å². The number of carboxylic acid groups (broad SMARTS) is 1. The van der Waals surface area contributed by atoms with Gasteiger partial charge in [0, 0.05) is 7.11 Å². The number of hydrogen-bond donors (Lipinski definition) is 2. The Morgan fingerprint density at radius 3 is 2.48 bits per heavy atom. The second kappa shape index (κ2) is 7.61. The van der Waals surface area contributed by atoms with Crippen molar-refractivity contribution in [3.8, 4) is 5.75 Å². The lowest BCUT2D eigenvalue weighted by atomic mass is 10.0. The smallest absolute Gasteiger partial charge is 0.352 e. The van der Waals surface area contributed by atoms with Gasteiger partial charge in [-0.2, -0.15) is 0 Å². The fraction of sp³-hybridized carbons (Fsp3) is 0.389. The van der Waals surface area contributed by atoms with Gasteiger partial charge in [-0.05, 0) is 30.2 Å². The van der Waals surface area contributed by atoms with E-state index >= 15 is 0 Å². The molecule has 0 aromatic heterocycles. The van der Waals surface area contributed by atoms with Crippen molar-refractivity contribution in [1.29, 1.82) is 0 Å². The van der Waals surface area contributed by atoms with E-state index in [0.29, 0.717) is 11.3 Å². The number of fused-ring (bicyclic) bond motifs is 1. The molecule has 0 unspecified atom stereocenters. The Hall–Kier alpha value is -2.52. The highest BCUT2D eigenvalue weighted by Crippen LogP contribution is 2.44. The number of nitrogens with zero attached hydrogens (tertiary/aromatic N) is 1. The quantitative estimate of drug-likeness (QED) is 0.695. The van der Waals surface area contributed by atoms with Gasteiger partial charge in [0.15, 0.2) is 0 Å². The minimum atomic E-state index is -1.18. The summed E-state index contributed by atoms with van der Waals surface area (Å²) in [5.74, 6) is -1.23. The summed E-state index contributed by atoms with van der Waals surface area (Å²) in [7, 11) is 3.04. The molecule has 1 aromatic carbocycles. The molecule has 3 rings (SSSR count). The van der Waals surface area contributed by atoms with Crippen LogP contribution in [0, 0.1) is 0 Å². The summed E-state index contributed by atoms with van der Waals surface area (Å²) in [4.78, 5) is 37.6. The van der Waals surface area contributed by atoms with Crippen molar-refractivity contribution in [2.45, 2.75) is 30.2 Å². The van der Waals surface area contributed by atoms with E-state index in [-0.39, 0.29) is 18.0 Å². The monoisotopic (exact) mass is 392 g/mol. The standard InChI is InChI=1S/C18H20N2O6S/c1-9-14(17(23)24)20-15(22)13(16(20)27-18(9)26-3)19-12(21)8-10-4-6-11(25-2)7-5-10/h4-7,13,16,18H,8H2,1-3H3,(H,19,21)(H,23,24)/t13-,16-,18-/m0/s1. The first-order valence-electron chi connectivity index (χ1n) is 8.25. The number of β-lactam (4-membered cyclic amide) rings is 1. The van der Waals surface area contributed by atoms with Crippen LogP contribution in [-0.2, 0) is 25.5 Å². The largest absolute Gasteiger partial charge is 0.497 e. The van der Waals surface area contributed by atoms with Crippen LogP contribution in [-0.4, -0.2) is 58.9 Å². The van der Waals surface area contributed by atoms with E-state index in [1.54, 1.807) is 38.3 Å². The maximum absolute atomic E-state index is 12.5. The van der Waals surface area contributed by atoms with Crippen molar-refractivity contribution < 1.29 is 29.0 Å². The Morgan fingerprint density at radius 1 is 1.26 bits per heavy atom. The van der Waals surface area contributed by atoms with Crippen molar-refractivity contribution >= 4 is 29.5 Å². The zero-order chi connectivity index (χ0) is 19.7. The fourth-order valence-electron chi connectivity index (χ4n) is 3.16. The van der Waals surface area contributed by atoms with Crippen LogP contribution in [0.4, 0.5) is 0 Å². The third kappa shape index (κ3) is 3.52. The number of aliphatic carboxylic acids is 1. The molecule has 0 radical (unpaired) electrons. The number of thioether (sulfide) groups is 1. The highest BCUT2D eigenvalue weighted by atomic mass is 32.2. The maximum atomic E-state index is 12.5. The first kappa shape index (κ1) is 19.2. The first-order chi connectivity index (χ1) is 12.9. The first-order valence-corrected chi connectivity index (χ1v) is 9.19. The number of hydrogen-bond acceptors (Lipinski definition) is 6. The Kier molecular flexibility index (Phi) is 5.43. The fourth-order valence-corrected chi connectivity index (χ4v) is 4.51. The number of benzene rings is 1. The Morgan fingerprint density at radius 2 is 1.93 bits per heavy atom. The molecular weight excluding hydrogens is 372 g/mol. The van der Waals surface area contributed by atoms with Crippen LogP contribution in [0.3, 0.4) is 0 Å². The SMILES string of the molecule is COc1ccc(CC(=O)N[C@H]2C(=O)N3C(C(=O)O)=C(C)[C@@H](OC)S[C@@H]23)cc1. The number of nitrogens with one attached hydrogen (secondary N) is 1. The van der Waals surface area contributed by atoms with Gasteiger partial charge in [-0.15, -0.1) is 0 Å². The molecular formula is C18H20N2O6S. The van der Waals surface area contributed by atoms with Gasteiger partial charge < -0.3 is 19.9 Å². The minimum Gasteiger partial charge on any atom is -0.497 e. The molecule has 0 bridgehead atoms. The Labute approximate surface area is 160 Å². The predicted octanol–water partition coefficient (Wildman–Crippen LogP) is 0.969. The lowest BCUT2D eigenvalue weighted by Gasteiger charge is -2.50. The minimum absolute atomic E-state index is 0.0729. The molecule has 8 nitrogen and oxygen atoms in total. The highest BCUT2D eigenvalue weighted by Gasteiger charge is 2.55. The molecule has 0 aliphatic carbocycles. The molecule has 1 aromatic rings. The third-order valence-corrected chi connectivity index (χ3v) is 6.09. The highest BCUT2D eigenvalue weighted by molar-refractivity contribution is 8.00. The summed E-state index contributed by atoms with van der Waals surface area (Å²) in [6, 6.07) is 6.29. The number of rotatable bonds is 6. The topological polar surface area (TPSA) is 105 Å². The Bertz CT molecular complexity index is 807. The average Bonchev–Trinajstić information content (AvgIpc) is 2.66. The maximum Gasteiger partial charge on any atom is 0.352 e. The van der Waals surface area contributed by atoms with Gasteiger partial charge >= 0.3 is 5.97 Å². The number of amides is 2. The molecule has 0 saturated carbocycles. The average molecular weight is 392 g/mol. The predicted molar refractivity (Wildman–Crippen MR) is 98.0 cm³/mol. The van der Waals surface area contributed by atoms with Crippen molar-refractivity contribution in [1.82, 2.24) is 10.2 Å². The van der Waals surface area contributed by atoms with E-state index in [2.05, 4.69) is 5.32 Å². The summed E-state index contributed by atoms with van der Waals surface area (Å²) in [6.45, 7) is 1.63. The summed E-state index contributed by atoms with van der Waals surface area (Å²) in [6.07, 6.45) is 0.111. The van der Waals surface area contributed by atoms with Crippen molar-refractivity contribution in [3.63, 3.8) is 0 Å². The molecule has 2 heterocycles. The summed E-state index contributed by atoms with van der Waals surface area (Å²) < 4.78 is 10.4. The zero-order valence-electron chi connectivity index (χ0n) is 15.1. The van der Waals surface area contributed by atoms with Gasteiger partial charge in [-0.25, -0.2) is 4.79 Å². The number of carbonyl (C=O) groups excluding carboxylic acids is 2. The number of carboxylic acids is 1. The van der Waals surface area contributed by atoms with E-state index in [9.17, 15) is 19.5 Å². The molecule has 0 spiro atoms. The van der Waals surface area contributed by atoms with Gasteiger partial charge in [-0.1, -0.05) is 23.9 Å². The number of methoxy groups -OCH3 is 2. The number of ether oxygens (including phenoxy) is 2. The van der Waals surface area contributed by atoms with E-state index in [4.69, 9.17) is 9.47 Å². The molecule has 2 N–H and O–H groups in total. The van der Waals surface area contributed by atoms with Crippen molar-refractivity contribution in [2.24, 2.45) is 0 Å². The van der Waals surface area contributed by atoms with Crippen LogP contribution < -0.4 is 10.1 Å². The van der Waals surface area contributed by atoms with Gasteiger partial charge in [0.2, 0.25) is 5.91 Å². The van der Waals surface area contributed by atoms with Gasteiger partial charge in [-0.3, -0.25) is 14.5 Å². The Balaban J connectivity index is 1.69. The molecule has 2 amide bonds. The molecule has 9 heteroatoms. The zero-order valence-corrected chi connectivity index (χ0v) is 15.9. The van der Waals surface area contributed by atoms with Gasteiger partial charge in [0.25, 0.3) is 5.91 Å². The lowest BCUT2D eigenvalue weighted by Crippen LogP contribution is -2.71. The van der Waals surface area contributed by atoms with Crippen molar-refractivity contribution in [2.75, 3.05) is 14.2 Å². The summed E-state index contributed by atoms with van der Waals surface area (Å²) in [5, 5.41) is 11.7. The second-order valence-corrected chi connectivity index (χ2v) is 7.39. The number of carbonyl (C=O) groups is 3. The molecule has 144 valence electrons. The van der Waals surface area contributed by atoms with Crippen LogP contribution in [0.2, 0.25) is 0 Å². The molecule has 1 saturated heterocycles. The van der Waals surface area contributed by atoms with Gasteiger partial charge in [0.1, 0.15) is 28.3 Å². The van der Waals surface area contributed by atoms with Gasteiger partial charge in [0.05, 0.1) is 13.5 Å². The molecule has 3 atom stereocenters. The third-order valence-electron chi connectivity index (χ3n) is 4.53. The van der Waals surface area contributed by atoms with Crippen LogP contribution >= 0.6 is 11.8 Å². The summed E-state index contributed by atoms with van der Waals surface area (Å²) in [5.41, 5.74) is 0.704. The van der Waals surface area contributed by atoms with E-state index in [1.165, 1.54) is 23.8 Å². The van der Waals surface area contributed by atoms with E-state index in [0.717, 1.165) is 5.56 Å². The van der Waals surface area contributed by atoms with Crippen LogP contribution in [0.1, 0.15) is 12.5 Å². The van der Waals surface area contributed by atoms with Crippen LogP contribution in [0.25, 0.3) is 0 Å². The summed E-state index contributed by atoms with van der Waals surface area (Å²) >= 11 is 1.31.